The van der Waals surface area contributed by atoms with Gasteiger partial charge in [0.1, 0.15) is 0 Å². The van der Waals surface area contributed by atoms with Crippen LogP contribution >= 0.6 is 0 Å². The van der Waals surface area contributed by atoms with Gasteiger partial charge in [0, 0.05) is 24.1 Å². The van der Waals surface area contributed by atoms with E-state index in [0.717, 1.165) is 37.1 Å². The Morgan fingerprint density at radius 3 is 2.87 bits per heavy atom. The molecule has 3 heteroatoms. The van der Waals surface area contributed by atoms with Gasteiger partial charge >= 0.3 is 0 Å². The van der Waals surface area contributed by atoms with Crippen molar-refractivity contribution in [3.8, 4) is 0 Å². The Bertz CT molecular complexity index is 332. The van der Waals surface area contributed by atoms with Gasteiger partial charge in [0.2, 0.25) is 0 Å². The van der Waals surface area contributed by atoms with Crippen molar-refractivity contribution in [2.24, 2.45) is 0 Å². The van der Waals surface area contributed by atoms with Gasteiger partial charge in [-0.2, -0.15) is 0 Å². The fraction of sp³-hybridized carbons (Fsp3) is 0.583. The van der Waals surface area contributed by atoms with Crippen LogP contribution in [0.4, 0.5) is 5.69 Å². The third kappa shape index (κ3) is 2.69. The molecule has 0 spiro atoms. The zero-order valence-corrected chi connectivity index (χ0v) is 9.16. The van der Waals surface area contributed by atoms with Gasteiger partial charge in [0.05, 0.1) is 5.60 Å². The Labute approximate surface area is 90.5 Å². The number of anilines is 1. The van der Waals surface area contributed by atoms with Crippen molar-refractivity contribution in [1.82, 2.24) is 4.98 Å². The van der Waals surface area contributed by atoms with Crippen molar-refractivity contribution >= 4 is 5.69 Å². The largest absolute Gasteiger partial charge is 0.388 e. The van der Waals surface area contributed by atoms with Crippen LogP contribution in [0.15, 0.2) is 18.3 Å². The fourth-order valence-corrected chi connectivity index (χ4v) is 2.13. The maximum atomic E-state index is 10.1. The van der Waals surface area contributed by atoms with Crippen molar-refractivity contribution in [3.63, 3.8) is 0 Å². The fourth-order valence-electron chi connectivity index (χ4n) is 2.13. The summed E-state index contributed by atoms with van der Waals surface area (Å²) in [6, 6.07) is 3.93. The highest BCUT2D eigenvalue weighted by atomic mass is 16.3. The molecule has 0 unspecified atom stereocenters. The third-order valence-corrected chi connectivity index (χ3v) is 3.05. The monoisotopic (exact) mass is 206 g/mol. The van der Waals surface area contributed by atoms with Gasteiger partial charge < -0.3 is 10.4 Å². The SMILES string of the molecule is Cc1cc(NCC2(O)CCCC2)ccn1. The average Bonchev–Trinajstić information content (AvgIpc) is 2.63. The average molecular weight is 206 g/mol. The number of nitrogens with one attached hydrogen (secondary N) is 1. The molecule has 0 aliphatic heterocycles. The molecular weight excluding hydrogens is 188 g/mol. The molecule has 0 aromatic carbocycles. The molecule has 0 bridgehead atoms. The Morgan fingerprint density at radius 1 is 1.47 bits per heavy atom. The van der Waals surface area contributed by atoms with Crippen LogP contribution < -0.4 is 5.32 Å². The summed E-state index contributed by atoms with van der Waals surface area (Å²) in [6.45, 7) is 2.62. The van der Waals surface area contributed by atoms with Crippen LogP contribution in [0, 0.1) is 6.92 Å². The van der Waals surface area contributed by atoms with Gasteiger partial charge in [-0.1, -0.05) is 12.8 Å². The number of aromatic nitrogens is 1. The van der Waals surface area contributed by atoms with Crippen LogP contribution in [-0.2, 0) is 0 Å². The molecule has 3 nitrogen and oxygen atoms in total. The van der Waals surface area contributed by atoms with Crippen LogP contribution in [-0.4, -0.2) is 22.2 Å². The Morgan fingerprint density at radius 2 is 2.20 bits per heavy atom. The van der Waals surface area contributed by atoms with E-state index in [0.29, 0.717) is 6.54 Å². The maximum absolute atomic E-state index is 10.1. The van der Waals surface area contributed by atoms with Crippen LogP contribution in [0.25, 0.3) is 0 Å². The highest BCUT2D eigenvalue weighted by Gasteiger charge is 2.30. The molecule has 2 rings (SSSR count). The van der Waals surface area contributed by atoms with E-state index in [1.165, 1.54) is 0 Å². The zero-order valence-electron chi connectivity index (χ0n) is 9.16. The molecule has 0 radical (unpaired) electrons. The molecule has 15 heavy (non-hydrogen) atoms. The van der Waals surface area contributed by atoms with Crippen molar-refractivity contribution in [2.45, 2.75) is 38.2 Å². The molecule has 0 atom stereocenters. The first-order valence-corrected chi connectivity index (χ1v) is 5.57. The van der Waals surface area contributed by atoms with Crippen LogP contribution in [0.2, 0.25) is 0 Å². The minimum absolute atomic E-state index is 0.489. The van der Waals surface area contributed by atoms with E-state index < -0.39 is 5.60 Å². The number of aliphatic hydroxyl groups is 1. The lowest BCUT2D eigenvalue weighted by Gasteiger charge is -2.23. The van der Waals surface area contributed by atoms with E-state index in [1.54, 1.807) is 6.20 Å². The minimum Gasteiger partial charge on any atom is -0.388 e. The van der Waals surface area contributed by atoms with E-state index in [-0.39, 0.29) is 0 Å². The smallest absolute Gasteiger partial charge is 0.0819 e. The molecule has 0 amide bonds. The van der Waals surface area contributed by atoms with Gasteiger partial charge in [0.25, 0.3) is 0 Å². The summed E-state index contributed by atoms with van der Waals surface area (Å²) in [7, 11) is 0. The quantitative estimate of drug-likeness (QED) is 0.796. The Balaban J connectivity index is 1.92. The van der Waals surface area contributed by atoms with Crippen molar-refractivity contribution in [3.05, 3.63) is 24.0 Å². The zero-order chi connectivity index (χ0) is 10.7. The van der Waals surface area contributed by atoms with E-state index >= 15 is 0 Å². The molecule has 82 valence electrons. The minimum atomic E-state index is -0.489. The Kier molecular flexibility index (Phi) is 2.91. The lowest BCUT2D eigenvalue weighted by Crippen LogP contribution is -2.33. The summed E-state index contributed by atoms with van der Waals surface area (Å²) in [4.78, 5) is 4.13. The van der Waals surface area contributed by atoms with Crippen molar-refractivity contribution < 1.29 is 5.11 Å². The molecule has 2 N–H and O–H groups in total. The lowest BCUT2D eigenvalue weighted by molar-refractivity contribution is 0.0615. The van der Waals surface area contributed by atoms with E-state index in [9.17, 15) is 5.11 Å². The summed E-state index contributed by atoms with van der Waals surface area (Å²) < 4.78 is 0. The van der Waals surface area contributed by atoms with Gasteiger partial charge in [-0.3, -0.25) is 4.98 Å². The first-order valence-electron chi connectivity index (χ1n) is 5.57. The molecule has 1 aliphatic rings. The van der Waals surface area contributed by atoms with Gasteiger partial charge in [-0.05, 0) is 31.9 Å². The summed E-state index contributed by atoms with van der Waals surface area (Å²) in [5.41, 5.74) is 1.55. The second-order valence-corrected chi connectivity index (χ2v) is 4.47. The molecule has 0 saturated heterocycles. The van der Waals surface area contributed by atoms with Gasteiger partial charge in [0.15, 0.2) is 0 Å². The highest BCUT2D eigenvalue weighted by Crippen LogP contribution is 2.29. The second kappa shape index (κ2) is 4.19. The summed E-state index contributed by atoms with van der Waals surface area (Å²) in [6.07, 6.45) is 5.92. The number of pyridine rings is 1. The van der Waals surface area contributed by atoms with E-state index in [4.69, 9.17) is 0 Å². The van der Waals surface area contributed by atoms with Crippen LogP contribution in [0.3, 0.4) is 0 Å². The molecule has 1 aromatic rings. The maximum Gasteiger partial charge on any atom is 0.0819 e. The van der Waals surface area contributed by atoms with Crippen LogP contribution in [0.1, 0.15) is 31.4 Å². The van der Waals surface area contributed by atoms with Crippen LogP contribution in [0.5, 0.6) is 0 Å². The predicted octanol–water partition coefficient (Wildman–Crippen LogP) is 2.11. The first-order chi connectivity index (χ1) is 7.18. The normalized spacial score (nSPS) is 19.1. The summed E-state index contributed by atoms with van der Waals surface area (Å²) >= 11 is 0. The molecular formula is C12H18N2O. The number of hydrogen-bond donors (Lipinski definition) is 2. The highest BCUT2D eigenvalue weighted by molar-refractivity contribution is 5.43. The van der Waals surface area contributed by atoms with Gasteiger partial charge in [-0.15, -0.1) is 0 Å². The molecule has 1 heterocycles. The topological polar surface area (TPSA) is 45.1 Å². The number of nitrogens with zero attached hydrogens (tertiary/aromatic N) is 1. The first kappa shape index (κ1) is 10.4. The standard InChI is InChI=1S/C12H18N2O/c1-10-8-11(4-7-13-10)14-9-12(15)5-2-3-6-12/h4,7-8,15H,2-3,5-6,9H2,1H3,(H,13,14). The summed E-state index contributed by atoms with van der Waals surface area (Å²) in [5.74, 6) is 0. The number of rotatable bonds is 3. The second-order valence-electron chi connectivity index (χ2n) is 4.47. The lowest BCUT2D eigenvalue weighted by atomic mass is 10.0. The molecule has 1 aromatic heterocycles. The number of hydrogen-bond acceptors (Lipinski definition) is 3. The molecule has 1 saturated carbocycles. The third-order valence-electron chi connectivity index (χ3n) is 3.05. The van der Waals surface area contributed by atoms with Crippen molar-refractivity contribution in [1.29, 1.82) is 0 Å². The van der Waals surface area contributed by atoms with E-state index in [1.807, 2.05) is 19.1 Å². The number of aryl methyl sites for hydroxylation is 1. The van der Waals surface area contributed by atoms with Gasteiger partial charge in [-0.25, -0.2) is 0 Å². The Hall–Kier alpha value is -1.09. The predicted molar refractivity (Wildman–Crippen MR) is 60.9 cm³/mol. The molecule has 1 aliphatic carbocycles. The molecule has 1 fully saturated rings. The van der Waals surface area contributed by atoms with Crippen molar-refractivity contribution in [2.75, 3.05) is 11.9 Å². The summed E-state index contributed by atoms with van der Waals surface area (Å²) in [5, 5.41) is 13.4. The van der Waals surface area contributed by atoms with E-state index in [2.05, 4.69) is 10.3 Å².